The predicted octanol–water partition coefficient (Wildman–Crippen LogP) is 5.86. The van der Waals surface area contributed by atoms with Gasteiger partial charge in [-0.3, -0.25) is 9.59 Å². The number of carbonyl (C=O) groups is 3. The topological polar surface area (TPSA) is 97.0 Å². The largest absolute Gasteiger partial charge is 0.497 e. The zero-order valence-electron chi connectivity index (χ0n) is 24.4. The number of alkyl carbamates (subject to hydrolysis) is 1. The van der Waals surface area contributed by atoms with Crippen molar-refractivity contribution in [2.45, 2.75) is 85.0 Å². The quantitative estimate of drug-likeness (QED) is 0.396. The molecule has 1 fully saturated rings. The SMILES string of the molecule is COc1ccc(NC(=O)C(c2ccccc2C)N(C(=O)C(CC(C)C)NC(=O)OC(C)(C)C)C2CC2C)cc1. The van der Waals surface area contributed by atoms with Crippen LogP contribution in [0.15, 0.2) is 48.5 Å². The fourth-order valence-electron chi connectivity index (χ4n) is 4.69. The molecule has 0 heterocycles. The summed E-state index contributed by atoms with van der Waals surface area (Å²) in [4.78, 5) is 42.8. The number of aryl methyl sites for hydroxylation is 1. The lowest BCUT2D eigenvalue weighted by molar-refractivity contribution is -0.142. The summed E-state index contributed by atoms with van der Waals surface area (Å²) in [6.07, 6.45) is 0.543. The van der Waals surface area contributed by atoms with Crippen molar-refractivity contribution in [3.8, 4) is 5.75 Å². The minimum absolute atomic E-state index is 0.123. The number of anilines is 1. The summed E-state index contributed by atoms with van der Waals surface area (Å²) in [5.41, 5.74) is 1.54. The molecule has 0 aliphatic heterocycles. The number of nitrogens with zero attached hydrogens (tertiary/aromatic N) is 1. The lowest BCUT2D eigenvalue weighted by atomic mass is 9.96. The molecule has 1 aliphatic carbocycles. The third-order valence-corrected chi connectivity index (χ3v) is 6.74. The monoisotopic (exact) mass is 537 g/mol. The van der Waals surface area contributed by atoms with Crippen molar-refractivity contribution in [1.82, 2.24) is 10.2 Å². The molecular formula is C31H43N3O5. The van der Waals surface area contributed by atoms with Gasteiger partial charge in [0.25, 0.3) is 5.91 Å². The van der Waals surface area contributed by atoms with E-state index in [-0.39, 0.29) is 29.7 Å². The first kappa shape index (κ1) is 30.0. The molecule has 39 heavy (non-hydrogen) atoms. The highest BCUT2D eigenvalue weighted by molar-refractivity contribution is 5.99. The molecule has 212 valence electrons. The van der Waals surface area contributed by atoms with Gasteiger partial charge in [0.2, 0.25) is 5.91 Å². The van der Waals surface area contributed by atoms with E-state index >= 15 is 0 Å². The van der Waals surface area contributed by atoms with E-state index < -0.39 is 23.8 Å². The van der Waals surface area contributed by atoms with Crippen LogP contribution in [0.25, 0.3) is 0 Å². The van der Waals surface area contributed by atoms with Gasteiger partial charge >= 0.3 is 6.09 Å². The first-order valence-electron chi connectivity index (χ1n) is 13.6. The highest BCUT2D eigenvalue weighted by atomic mass is 16.6. The molecule has 8 heteroatoms. The van der Waals surface area contributed by atoms with E-state index in [1.165, 1.54) is 0 Å². The van der Waals surface area contributed by atoms with Gasteiger partial charge in [-0.15, -0.1) is 0 Å². The number of hydrogen-bond acceptors (Lipinski definition) is 5. The van der Waals surface area contributed by atoms with Crippen LogP contribution in [0, 0.1) is 18.8 Å². The van der Waals surface area contributed by atoms with Crippen molar-refractivity contribution in [2.24, 2.45) is 11.8 Å². The maximum absolute atomic E-state index is 14.3. The molecule has 1 aliphatic rings. The van der Waals surface area contributed by atoms with E-state index in [1.54, 1.807) is 57.0 Å². The zero-order valence-corrected chi connectivity index (χ0v) is 24.4. The van der Waals surface area contributed by atoms with Crippen molar-refractivity contribution < 1.29 is 23.9 Å². The number of carbonyl (C=O) groups excluding carboxylic acids is 3. The van der Waals surface area contributed by atoms with Crippen LogP contribution >= 0.6 is 0 Å². The molecule has 3 amide bonds. The lowest BCUT2D eigenvalue weighted by Gasteiger charge is -2.36. The third-order valence-electron chi connectivity index (χ3n) is 6.74. The summed E-state index contributed by atoms with van der Waals surface area (Å²) in [7, 11) is 1.58. The van der Waals surface area contributed by atoms with Crippen LogP contribution in [0.4, 0.5) is 10.5 Å². The summed E-state index contributed by atoms with van der Waals surface area (Å²) in [5, 5.41) is 5.81. The molecule has 2 aromatic rings. The maximum atomic E-state index is 14.3. The van der Waals surface area contributed by atoms with Gasteiger partial charge in [-0.25, -0.2) is 4.79 Å². The Morgan fingerprint density at radius 1 is 1.05 bits per heavy atom. The van der Waals surface area contributed by atoms with Gasteiger partial charge in [0.05, 0.1) is 7.11 Å². The molecule has 0 spiro atoms. The van der Waals surface area contributed by atoms with Gasteiger partial charge < -0.3 is 25.0 Å². The third kappa shape index (κ3) is 8.22. The van der Waals surface area contributed by atoms with Crippen molar-refractivity contribution in [3.63, 3.8) is 0 Å². The van der Waals surface area contributed by atoms with E-state index in [4.69, 9.17) is 9.47 Å². The van der Waals surface area contributed by atoms with E-state index in [9.17, 15) is 14.4 Å². The number of methoxy groups -OCH3 is 1. The summed E-state index contributed by atoms with van der Waals surface area (Å²) >= 11 is 0. The van der Waals surface area contributed by atoms with Crippen molar-refractivity contribution in [3.05, 3.63) is 59.7 Å². The number of amides is 3. The molecule has 0 saturated heterocycles. The van der Waals surface area contributed by atoms with Gasteiger partial charge in [0.15, 0.2) is 0 Å². The Hall–Kier alpha value is -3.55. The molecule has 0 bridgehead atoms. The molecule has 0 aromatic heterocycles. The average Bonchev–Trinajstić information content (AvgIpc) is 3.56. The smallest absolute Gasteiger partial charge is 0.408 e. The Morgan fingerprint density at radius 3 is 2.18 bits per heavy atom. The predicted molar refractivity (Wildman–Crippen MR) is 153 cm³/mol. The van der Waals surface area contributed by atoms with Crippen LogP contribution in [0.2, 0.25) is 0 Å². The first-order chi connectivity index (χ1) is 18.3. The highest BCUT2D eigenvalue weighted by Gasteiger charge is 2.48. The summed E-state index contributed by atoms with van der Waals surface area (Å²) in [5.74, 6) is 0.425. The number of ether oxygens (including phenoxy) is 2. The minimum atomic E-state index is -0.883. The summed E-state index contributed by atoms with van der Waals surface area (Å²) in [6, 6.07) is 12.8. The fourth-order valence-corrected chi connectivity index (χ4v) is 4.69. The Bertz CT molecular complexity index is 1160. The second kappa shape index (κ2) is 12.5. The van der Waals surface area contributed by atoms with Crippen LogP contribution in [0.3, 0.4) is 0 Å². The second-order valence-electron chi connectivity index (χ2n) is 11.8. The molecule has 3 rings (SSSR count). The van der Waals surface area contributed by atoms with Gasteiger partial charge in [0, 0.05) is 11.7 Å². The van der Waals surface area contributed by atoms with E-state index in [2.05, 4.69) is 17.6 Å². The number of benzene rings is 2. The van der Waals surface area contributed by atoms with Crippen molar-refractivity contribution in [1.29, 1.82) is 0 Å². The molecule has 1 saturated carbocycles. The Morgan fingerprint density at radius 2 is 1.67 bits per heavy atom. The molecular weight excluding hydrogens is 494 g/mol. The van der Waals surface area contributed by atoms with Crippen LogP contribution < -0.4 is 15.4 Å². The van der Waals surface area contributed by atoms with Gasteiger partial charge in [0.1, 0.15) is 23.4 Å². The van der Waals surface area contributed by atoms with E-state index in [0.717, 1.165) is 17.5 Å². The Labute approximate surface area is 232 Å². The normalized spacial score (nSPS) is 18.1. The number of nitrogens with one attached hydrogen (secondary N) is 2. The molecule has 8 nitrogen and oxygen atoms in total. The van der Waals surface area contributed by atoms with Gasteiger partial charge in [-0.1, -0.05) is 45.0 Å². The molecule has 0 radical (unpaired) electrons. The van der Waals surface area contributed by atoms with E-state index in [1.807, 2.05) is 45.0 Å². The van der Waals surface area contributed by atoms with Crippen LogP contribution in [-0.4, -0.2) is 47.6 Å². The fraction of sp³-hybridized carbons (Fsp3) is 0.516. The second-order valence-corrected chi connectivity index (χ2v) is 11.8. The Balaban J connectivity index is 2.02. The molecule has 2 aromatic carbocycles. The van der Waals surface area contributed by atoms with Gasteiger partial charge in [-0.2, -0.15) is 0 Å². The molecule has 4 atom stereocenters. The summed E-state index contributed by atoms with van der Waals surface area (Å²) in [6.45, 7) is 13.3. The minimum Gasteiger partial charge on any atom is -0.497 e. The molecule has 2 N–H and O–H groups in total. The standard InChI is InChI=1S/C31H43N3O5/c1-19(2)17-25(33-30(37)39-31(5,6)7)29(36)34(26-18-21(26)4)27(24-12-10-9-11-20(24)3)28(35)32-22-13-15-23(38-8)16-14-22/h9-16,19,21,25-27H,17-18H2,1-8H3,(H,32,35)(H,33,37). The maximum Gasteiger partial charge on any atom is 0.408 e. The molecule has 4 unspecified atom stereocenters. The van der Waals surface area contributed by atoms with Crippen LogP contribution in [-0.2, 0) is 14.3 Å². The highest BCUT2D eigenvalue weighted by Crippen LogP contribution is 2.42. The zero-order chi connectivity index (χ0) is 28.9. The van der Waals surface area contributed by atoms with Crippen LogP contribution in [0.1, 0.15) is 71.6 Å². The van der Waals surface area contributed by atoms with E-state index in [0.29, 0.717) is 17.9 Å². The Kier molecular flexibility index (Phi) is 9.64. The van der Waals surface area contributed by atoms with Crippen molar-refractivity contribution in [2.75, 3.05) is 12.4 Å². The first-order valence-corrected chi connectivity index (χ1v) is 13.6. The number of hydrogen-bond donors (Lipinski definition) is 2. The lowest BCUT2D eigenvalue weighted by Crippen LogP contribution is -2.53. The number of rotatable bonds is 10. The average molecular weight is 538 g/mol. The van der Waals surface area contributed by atoms with Crippen molar-refractivity contribution >= 4 is 23.6 Å². The van der Waals surface area contributed by atoms with Gasteiger partial charge in [-0.05, 0) is 87.8 Å². The summed E-state index contributed by atoms with van der Waals surface area (Å²) < 4.78 is 10.7. The van der Waals surface area contributed by atoms with Crippen LogP contribution in [0.5, 0.6) is 5.75 Å².